The van der Waals surface area contributed by atoms with Crippen LogP contribution >= 0.6 is 17.2 Å². The molecule has 0 amide bonds. The number of terminal acetylenes is 1. The van der Waals surface area contributed by atoms with Crippen LogP contribution in [0.5, 0.6) is 0 Å². The topological polar surface area (TPSA) is 55.4 Å². The van der Waals surface area contributed by atoms with Crippen LogP contribution in [0.3, 0.4) is 0 Å². The lowest BCUT2D eigenvalue weighted by Gasteiger charge is -2.40. The first-order valence-electron chi connectivity index (χ1n) is 16.2. The first-order valence-corrected chi connectivity index (χ1v) is 18.3. The standard InChI is InChI=1S/C39H42O6P2/c1-3-5-7-9-11-13-15-17-19-20-22-24-26-28-30-32-34-41-47-44-37-39(38-45-47)35-42-46(43-36-39)40-33-31-29-27-25-23-21-18-16-14-12-10-8-6-4-2/h1H,4,6,8,10,12,14,16,18,21,23,25,27,29,31,33,35-38H2,2H3. The molecule has 2 heterocycles. The number of rotatable bonds is 17. The normalized spacial score (nSPS) is 18.6. The Bertz CT molecular complexity index is 1470. The van der Waals surface area contributed by atoms with E-state index in [4.69, 9.17) is 33.6 Å². The summed E-state index contributed by atoms with van der Waals surface area (Å²) in [6.45, 7) is 4.63. The van der Waals surface area contributed by atoms with Crippen molar-refractivity contribution in [3.05, 3.63) is 0 Å². The van der Waals surface area contributed by atoms with Gasteiger partial charge in [0.25, 0.3) is 0 Å². The molecule has 1 spiro atoms. The van der Waals surface area contributed by atoms with Gasteiger partial charge < -0.3 is 27.1 Å². The molecule has 2 fully saturated rings. The van der Waals surface area contributed by atoms with Gasteiger partial charge in [-0.3, -0.25) is 0 Å². The summed E-state index contributed by atoms with van der Waals surface area (Å²) in [5.74, 6) is 39.7. The minimum absolute atomic E-state index is 0.369. The van der Waals surface area contributed by atoms with Gasteiger partial charge in [0.2, 0.25) is 0 Å². The summed E-state index contributed by atoms with van der Waals surface area (Å²) < 4.78 is 34.3. The summed E-state index contributed by atoms with van der Waals surface area (Å²) in [6.07, 6.45) is 26.1. The number of hydrogen-bond acceptors (Lipinski definition) is 6. The minimum atomic E-state index is -1.59. The van der Waals surface area contributed by atoms with E-state index in [2.05, 4.69) is 108 Å². The van der Waals surface area contributed by atoms with E-state index in [0.717, 1.165) is 6.42 Å². The molecular weight excluding hydrogens is 626 g/mol. The molecule has 8 heteroatoms. The average Bonchev–Trinajstić information content (AvgIpc) is 3.09. The van der Waals surface area contributed by atoms with Gasteiger partial charge in [-0.1, -0.05) is 90.4 Å². The Morgan fingerprint density at radius 1 is 0.489 bits per heavy atom. The molecule has 244 valence electrons. The molecule has 0 N–H and O–H groups in total. The number of unbranched alkanes of at least 4 members (excludes halogenated alkanes) is 13. The molecule has 0 aromatic heterocycles. The molecular formula is C39H42O6P2. The maximum Gasteiger partial charge on any atom is 0.406 e. The largest absolute Gasteiger partial charge is 0.406 e. The van der Waals surface area contributed by atoms with E-state index in [0.29, 0.717) is 33.0 Å². The molecule has 0 aromatic carbocycles. The fraction of sp³-hybridized carbons (Fsp3) is 0.538. The van der Waals surface area contributed by atoms with Gasteiger partial charge in [0, 0.05) is 47.4 Å². The Labute approximate surface area is 286 Å². The van der Waals surface area contributed by atoms with Crippen LogP contribution in [0.4, 0.5) is 0 Å². The highest BCUT2D eigenvalue weighted by Gasteiger charge is 2.44. The summed E-state index contributed by atoms with van der Waals surface area (Å²) >= 11 is 0. The maximum atomic E-state index is 5.85. The van der Waals surface area contributed by atoms with Crippen LogP contribution in [0, 0.1) is 113 Å². The number of hydrogen-bond donors (Lipinski definition) is 0. The lowest BCUT2D eigenvalue weighted by atomic mass is 9.93. The van der Waals surface area contributed by atoms with Crippen molar-refractivity contribution < 1.29 is 27.1 Å². The highest BCUT2D eigenvalue weighted by Crippen LogP contribution is 2.52. The molecule has 6 nitrogen and oxygen atoms in total. The van der Waals surface area contributed by atoms with E-state index in [1.807, 2.05) is 0 Å². The van der Waals surface area contributed by atoms with Crippen LogP contribution < -0.4 is 0 Å². The first kappa shape index (κ1) is 39.7. The molecule has 47 heavy (non-hydrogen) atoms. The zero-order valence-electron chi connectivity index (χ0n) is 27.4. The van der Waals surface area contributed by atoms with Gasteiger partial charge >= 0.3 is 17.2 Å². The molecule has 2 saturated heterocycles. The second kappa shape index (κ2) is 28.7. The van der Waals surface area contributed by atoms with E-state index in [-0.39, 0.29) is 5.41 Å². The molecule has 2 aliphatic heterocycles. The SMILES string of the molecule is C#CC#CC#CC#CC#CC#CC#CC#CC#COP1OCC2(CO1)COP(OCCCCCCCCCCCCCCCC)OC2. The van der Waals surface area contributed by atoms with Gasteiger partial charge in [-0.2, -0.15) is 0 Å². The van der Waals surface area contributed by atoms with Crippen LogP contribution in [0.2, 0.25) is 0 Å². The zero-order chi connectivity index (χ0) is 33.4. The van der Waals surface area contributed by atoms with E-state index < -0.39 is 17.2 Å². The predicted molar refractivity (Wildman–Crippen MR) is 188 cm³/mol. The fourth-order valence-electron chi connectivity index (χ4n) is 4.17. The van der Waals surface area contributed by atoms with Gasteiger partial charge in [-0.05, 0) is 53.8 Å². The Morgan fingerprint density at radius 2 is 0.851 bits per heavy atom. The van der Waals surface area contributed by atoms with Crippen LogP contribution in [0.1, 0.15) is 96.8 Å². The van der Waals surface area contributed by atoms with E-state index in [9.17, 15) is 0 Å². The second-order valence-electron chi connectivity index (χ2n) is 10.7. The lowest BCUT2D eigenvalue weighted by molar-refractivity contribution is -0.0728. The Kier molecular flexibility index (Phi) is 24.2. The predicted octanol–water partition coefficient (Wildman–Crippen LogP) is 7.65. The van der Waals surface area contributed by atoms with Crippen molar-refractivity contribution in [1.29, 1.82) is 0 Å². The van der Waals surface area contributed by atoms with Crippen molar-refractivity contribution in [2.75, 3.05) is 33.0 Å². The molecule has 0 radical (unpaired) electrons. The zero-order valence-corrected chi connectivity index (χ0v) is 29.1. The third-order valence-electron chi connectivity index (χ3n) is 6.72. The van der Waals surface area contributed by atoms with Crippen LogP contribution in [0.15, 0.2) is 0 Å². The highest BCUT2D eigenvalue weighted by atomic mass is 31.2. The van der Waals surface area contributed by atoms with Crippen LogP contribution in [0.25, 0.3) is 0 Å². The van der Waals surface area contributed by atoms with E-state index in [1.54, 1.807) is 0 Å². The average molecular weight is 669 g/mol. The van der Waals surface area contributed by atoms with Crippen molar-refractivity contribution in [2.45, 2.75) is 96.8 Å². The monoisotopic (exact) mass is 668 g/mol. The van der Waals surface area contributed by atoms with Crippen molar-refractivity contribution in [3.63, 3.8) is 0 Å². The summed E-state index contributed by atoms with van der Waals surface area (Å²) in [7, 11) is -2.91. The molecule has 0 aromatic rings. The minimum Gasteiger partial charge on any atom is -0.372 e. The van der Waals surface area contributed by atoms with E-state index in [1.165, 1.54) is 83.5 Å². The highest BCUT2D eigenvalue weighted by molar-refractivity contribution is 7.42. The smallest absolute Gasteiger partial charge is 0.372 e. The Morgan fingerprint density at radius 3 is 1.28 bits per heavy atom. The summed E-state index contributed by atoms with van der Waals surface area (Å²) in [6, 6.07) is 0. The third kappa shape index (κ3) is 21.8. The van der Waals surface area contributed by atoms with Gasteiger partial charge in [0.15, 0.2) is 0 Å². The Balaban J connectivity index is 1.47. The second-order valence-corrected chi connectivity index (χ2v) is 13.1. The molecule has 0 atom stereocenters. The molecule has 0 aliphatic carbocycles. The maximum absolute atomic E-state index is 5.85. The van der Waals surface area contributed by atoms with Crippen LogP contribution in [-0.2, 0) is 27.1 Å². The molecule has 2 aliphatic rings. The molecule has 0 saturated carbocycles. The van der Waals surface area contributed by atoms with Gasteiger partial charge in [0.05, 0.1) is 38.4 Å². The summed E-state index contributed by atoms with van der Waals surface area (Å²) in [5, 5.41) is 0. The van der Waals surface area contributed by atoms with Crippen molar-refractivity contribution in [1.82, 2.24) is 0 Å². The van der Waals surface area contributed by atoms with Gasteiger partial charge in [0.1, 0.15) is 6.11 Å². The third-order valence-corrected chi connectivity index (χ3v) is 8.71. The van der Waals surface area contributed by atoms with Crippen molar-refractivity contribution >= 4 is 17.2 Å². The van der Waals surface area contributed by atoms with Gasteiger partial charge in [-0.15, -0.1) is 6.42 Å². The van der Waals surface area contributed by atoms with E-state index >= 15 is 0 Å². The van der Waals surface area contributed by atoms with Crippen molar-refractivity contribution in [3.8, 4) is 107 Å². The summed E-state index contributed by atoms with van der Waals surface area (Å²) in [5.41, 5.74) is -0.369. The van der Waals surface area contributed by atoms with Crippen molar-refractivity contribution in [2.24, 2.45) is 5.41 Å². The van der Waals surface area contributed by atoms with Crippen LogP contribution in [-0.4, -0.2) is 33.0 Å². The first-order chi connectivity index (χ1) is 23.3. The lowest BCUT2D eigenvalue weighted by Crippen LogP contribution is -2.44. The molecule has 2 rings (SSSR count). The molecule has 0 bridgehead atoms. The Hall–Kier alpha value is -3.50. The fourth-order valence-corrected chi connectivity index (χ4v) is 6.49. The quantitative estimate of drug-likeness (QED) is 0.0902. The summed E-state index contributed by atoms with van der Waals surface area (Å²) in [4.78, 5) is 0. The molecule has 0 unspecified atom stereocenters. The van der Waals surface area contributed by atoms with Gasteiger partial charge in [-0.25, -0.2) is 0 Å².